The number of pyridine rings is 2. The van der Waals surface area contributed by atoms with Gasteiger partial charge in [-0.1, -0.05) is 12.1 Å². The van der Waals surface area contributed by atoms with Crippen molar-refractivity contribution in [3.8, 4) is 22.8 Å². The molecule has 0 amide bonds. The largest absolute Gasteiger partial charge is 0.573 e. The Morgan fingerprint density at radius 3 is 2.56 bits per heavy atom. The first-order valence-corrected chi connectivity index (χ1v) is 11.1. The van der Waals surface area contributed by atoms with Crippen LogP contribution in [-0.2, 0) is 0 Å². The molecule has 2 unspecified atom stereocenters. The number of halogens is 3. The summed E-state index contributed by atoms with van der Waals surface area (Å²) in [5.41, 5.74) is 2.54. The highest BCUT2D eigenvalue weighted by molar-refractivity contribution is 5.82. The highest BCUT2D eigenvalue weighted by atomic mass is 19.4. The Morgan fingerprint density at radius 1 is 1.00 bits per heavy atom. The van der Waals surface area contributed by atoms with Crippen molar-refractivity contribution in [1.29, 1.82) is 0 Å². The molecular formula is C24H21F3N6O. The fraction of sp³-hybridized carbons (Fsp3) is 0.292. The average molecular weight is 466 g/mol. The molecule has 2 bridgehead atoms. The van der Waals surface area contributed by atoms with Crippen molar-refractivity contribution in [3.63, 3.8) is 0 Å². The van der Waals surface area contributed by atoms with Crippen molar-refractivity contribution in [2.75, 3.05) is 18.0 Å². The third-order valence-corrected chi connectivity index (χ3v) is 6.38. The number of nitrogens with one attached hydrogen (secondary N) is 1. The second kappa shape index (κ2) is 7.98. The lowest BCUT2D eigenvalue weighted by molar-refractivity contribution is -0.274. The lowest BCUT2D eigenvalue weighted by atomic mass is 9.93. The standard InChI is InChI=1S/C24H21F3N6O/c25-24(26,27)34-19-3-1-2-15(12-19)22-30-20-6-7-21(32-14-16-4-5-18(32)13-29-16)31-23(20)33(22)17-8-10-28-11-9-17/h1-3,6-12,16,18,29H,4-5,13-14H2. The van der Waals surface area contributed by atoms with Crippen molar-refractivity contribution < 1.29 is 17.9 Å². The number of anilines is 1. The Morgan fingerprint density at radius 2 is 1.85 bits per heavy atom. The third-order valence-electron chi connectivity index (χ3n) is 6.38. The normalized spacial score (nSPS) is 20.1. The molecule has 0 radical (unpaired) electrons. The van der Waals surface area contributed by atoms with E-state index in [0.29, 0.717) is 34.6 Å². The van der Waals surface area contributed by atoms with Gasteiger partial charge in [-0.2, -0.15) is 0 Å². The molecule has 4 aromatic rings. The molecule has 3 saturated heterocycles. The van der Waals surface area contributed by atoms with Gasteiger partial charge in [0.1, 0.15) is 22.9 Å². The Hall–Kier alpha value is -3.66. The molecule has 0 aliphatic carbocycles. The van der Waals surface area contributed by atoms with E-state index in [1.165, 1.54) is 24.6 Å². The van der Waals surface area contributed by atoms with Gasteiger partial charge in [-0.25, -0.2) is 9.97 Å². The van der Waals surface area contributed by atoms with E-state index < -0.39 is 6.36 Å². The van der Waals surface area contributed by atoms with E-state index in [0.717, 1.165) is 31.0 Å². The molecule has 3 aliphatic rings. The van der Waals surface area contributed by atoms with Crippen LogP contribution in [0.25, 0.3) is 28.2 Å². The van der Waals surface area contributed by atoms with Crippen molar-refractivity contribution in [2.24, 2.45) is 0 Å². The van der Waals surface area contributed by atoms with Crippen LogP contribution in [-0.4, -0.2) is 51.1 Å². The Bertz CT molecular complexity index is 1330. The van der Waals surface area contributed by atoms with Crippen LogP contribution in [0.1, 0.15) is 12.8 Å². The van der Waals surface area contributed by atoms with Crippen molar-refractivity contribution in [2.45, 2.75) is 31.3 Å². The van der Waals surface area contributed by atoms with E-state index in [4.69, 9.17) is 9.97 Å². The first kappa shape index (κ1) is 20.9. The fourth-order valence-corrected chi connectivity index (χ4v) is 4.86. The number of hydrogen-bond acceptors (Lipinski definition) is 6. The maximum atomic E-state index is 12.8. The second-order valence-corrected chi connectivity index (χ2v) is 8.55. The topological polar surface area (TPSA) is 68.1 Å². The number of nitrogens with zero attached hydrogens (tertiary/aromatic N) is 5. The molecule has 3 aromatic heterocycles. The van der Waals surface area contributed by atoms with Crippen molar-refractivity contribution >= 4 is 17.0 Å². The zero-order valence-corrected chi connectivity index (χ0v) is 18.0. The summed E-state index contributed by atoms with van der Waals surface area (Å²) in [6, 6.07) is 14.2. The smallest absolute Gasteiger partial charge is 0.406 e. The highest BCUT2D eigenvalue weighted by Crippen LogP contribution is 2.33. The molecule has 10 heteroatoms. The first-order valence-electron chi connectivity index (χ1n) is 11.1. The van der Waals surface area contributed by atoms with Gasteiger partial charge < -0.3 is 15.0 Å². The maximum Gasteiger partial charge on any atom is 0.573 e. The Kier molecular flexibility index (Phi) is 4.91. The number of alkyl halides is 3. The van der Waals surface area contributed by atoms with E-state index in [9.17, 15) is 13.2 Å². The molecule has 174 valence electrons. The van der Waals surface area contributed by atoms with E-state index in [-0.39, 0.29) is 5.75 Å². The molecule has 0 spiro atoms. The lowest BCUT2D eigenvalue weighted by Crippen LogP contribution is -2.61. The van der Waals surface area contributed by atoms with Crippen LogP contribution in [0.5, 0.6) is 5.75 Å². The summed E-state index contributed by atoms with van der Waals surface area (Å²) in [5.74, 6) is 1.05. The summed E-state index contributed by atoms with van der Waals surface area (Å²) in [4.78, 5) is 16.2. The molecule has 3 fully saturated rings. The summed E-state index contributed by atoms with van der Waals surface area (Å²) in [7, 11) is 0. The van der Waals surface area contributed by atoms with Gasteiger partial charge >= 0.3 is 6.36 Å². The van der Waals surface area contributed by atoms with E-state index in [1.54, 1.807) is 18.5 Å². The number of rotatable bonds is 4. The molecule has 34 heavy (non-hydrogen) atoms. The predicted octanol–water partition coefficient (Wildman–Crippen LogP) is 4.32. The molecular weight excluding hydrogens is 445 g/mol. The summed E-state index contributed by atoms with van der Waals surface area (Å²) >= 11 is 0. The van der Waals surface area contributed by atoms with Crippen molar-refractivity contribution in [3.05, 3.63) is 60.9 Å². The molecule has 0 saturated carbocycles. The number of imidazole rings is 1. The number of benzene rings is 1. The minimum Gasteiger partial charge on any atom is -0.406 e. The molecule has 2 atom stereocenters. The van der Waals surface area contributed by atoms with Gasteiger partial charge in [0.05, 0.1) is 5.69 Å². The monoisotopic (exact) mass is 466 g/mol. The van der Waals surface area contributed by atoms with E-state index in [1.807, 2.05) is 28.8 Å². The summed E-state index contributed by atoms with van der Waals surface area (Å²) in [6.07, 6.45) is 0.834. The molecule has 7 rings (SSSR count). The number of fused-ring (bicyclic) bond motifs is 4. The summed E-state index contributed by atoms with van der Waals surface area (Å²) in [6.45, 7) is 1.83. The highest BCUT2D eigenvalue weighted by Gasteiger charge is 2.34. The van der Waals surface area contributed by atoms with Crippen LogP contribution in [0.3, 0.4) is 0 Å². The quantitative estimate of drug-likeness (QED) is 0.483. The molecule has 1 N–H and O–H groups in total. The number of aromatic nitrogens is 4. The zero-order valence-electron chi connectivity index (χ0n) is 18.0. The first-order chi connectivity index (χ1) is 16.4. The van der Waals surface area contributed by atoms with E-state index in [2.05, 4.69) is 19.9 Å². The Labute approximate surface area is 193 Å². The summed E-state index contributed by atoms with van der Waals surface area (Å²) < 4.78 is 44.4. The van der Waals surface area contributed by atoms with Gasteiger partial charge in [-0.05, 0) is 49.2 Å². The van der Waals surface area contributed by atoms with Gasteiger partial charge in [-0.15, -0.1) is 13.2 Å². The minimum atomic E-state index is -4.77. The van der Waals surface area contributed by atoms with Crippen LogP contribution >= 0.6 is 0 Å². The van der Waals surface area contributed by atoms with Crippen LogP contribution in [0, 0.1) is 0 Å². The molecule has 6 heterocycles. The van der Waals surface area contributed by atoms with Crippen LogP contribution in [0.2, 0.25) is 0 Å². The van der Waals surface area contributed by atoms with Crippen molar-refractivity contribution in [1.82, 2.24) is 24.8 Å². The van der Waals surface area contributed by atoms with Gasteiger partial charge in [0.15, 0.2) is 5.65 Å². The maximum absolute atomic E-state index is 12.8. The minimum absolute atomic E-state index is 0.302. The van der Waals surface area contributed by atoms with Crippen LogP contribution < -0.4 is 15.0 Å². The van der Waals surface area contributed by atoms with Gasteiger partial charge in [0, 0.05) is 43.1 Å². The van der Waals surface area contributed by atoms with Gasteiger partial charge in [0.2, 0.25) is 0 Å². The number of piperazine rings is 1. The van der Waals surface area contributed by atoms with Crippen LogP contribution in [0.15, 0.2) is 60.9 Å². The number of ether oxygens (including phenoxy) is 1. The van der Waals surface area contributed by atoms with Gasteiger partial charge in [0.25, 0.3) is 0 Å². The predicted molar refractivity (Wildman–Crippen MR) is 121 cm³/mol. The van der Waals surface area contributed by atoms with E-state index >= 15 is 0 Å². The fourth-order valence-electron chi connectivity index (χ4n) is 4.86. The third kappa shape index (κ3) is 3.83. The SMILES string of the molecule is FC(F)(F)Oc1cccc(-c2nc3ccc(N4CC5CCC4CN5)nc3n2-c2ccncc2)c1. The number of piperidine rings is 2. The molecule has 1 aromatic carbocycles. The van der Waals surface area contributed by atoms with Crippen LogP contribution in [0.4, 0.5) is 19.0 Å². The lowest BCUT2D eigenvalue weighted by Gasteiger charge is -2.46. The number of hydrogen-bond donors (Lipinski definition) is 1. The molecule has 7 nitrogen and oxygen atoms in total. The summed E-state index contributed by atoms with van der Waals surface area (Å²) in [5, 5.41) is 3.55. The van der Waals surface area contributed by atoms with Gasteiger partial charge in [-0.3, -0.25) is 9.55 Å². The average Bonchev–Trinajstić information content (AvgIpc) is 3.23. The molecule has 3 aliphatic heterocycles. The second-order valence-electron chi connectivity index (χ2n) is 8.55. The zero-order chi connectivity index (χ0) is 23.3. The Balaban J connectivity index is 1.49.